The summed E-state index contributed by atoms with van der Waals surface area (Å²) in [5.41, 5.74) is 5.07. The molecule has 0 aliphatic carbocycles. The van der Waals surface area contributed by atoms with Gasteiger partial charge in [-0.25, -0.2) is 14.4 Å². The normalized spacial score (nSPS) is 22.3. The second-order valence-electron chi connectivity index (χ2n) is 19.7. The first kappa shape index (κ1) is 57.1. The van der Waals surface area contributed by atoms with Gasteiger partial charge in [-0.3, -0.25) is 0 Å². The predicted molar refractivity (Wildman–Crippen MR) is 303 cm³/mol. The molecule has 10 rings (SSSR count). The molecule has 2 saturated heterocycles. The highest BCUT2D eigenvalue weighted by Gasteiger charge is 2.56. The van der Waals surface area contributed by atoms with Gasteiger partial charge in [0.25, 0.3) is 0 Å². The molecule has 10 atom stereocenters. The zero-order valence-corrected chi connectivity index (χ0v) is 45.0. The Kier molecular flexibility index (Phi) is 20.6. The lowest BCUT2D eigenvalue weighted by molar-refractivity contribution is -0.373. The summed E-state index contributed by atoms with van der Waals surface area (Å²) < 4.78 is 74.9. The van der Waals surface area contributed by atoms with Crippen LogP contribution in [0.3, 0.4) is 0 Å². The molecule has 0 N–H and O–H groups in total. The second-order valence-corrected chi connectivity index (χ2v) is 19.7. The third-order valence-electron chi connectivity index (χ3n) is 13.9. The van der Waals surface area contributed by atoms with Gasteiger partial charge in [0.2, 0.25) is 0 Å². The molecule has 14 nitrogen and oxygen atoms in total. The highest BCUT2D eigenvalue weighted by atomic mass is 16.8. The molecule has 0 radical (unpaired) electrons. The Hall–Kier alpha value is -8.15. The zero-order valence-electron chi connectivity index (χ0n) is 45.0. The van der Waals surface area contributed by atoms with Crippen molar-refractivity contribution >= 4 is 17.9 Å². The van der Waals surface area contributed by atoms with Crippen LogP contribution < -0.4 is 0 Å². The van der Waals surface area contributed by atoms with Gasteiger partial charge >= 0.3 is 17.9 Å². The van der Waals surface area contributed by atoms with Crippen molar-refractivity contribution in [3.8, 4) is 0 Å². The van der Waals surface area contributed by atoms with E-state index in [2.05, 4.69) is 0 Å². The van der Waals surface area contributed by atoms with Gasteiger partial charge in [0, 0.05) is 0 Å². The summed E-state index contributed by atoms with van der Waals surface area (Å²) >= 11 is 0. The molecule has 8 aromatic carbocycles. The van der Waals surface area contributed by atoms with Crippen LogP contribution in [-0.4, -0.2) is 92.5 Å². The van der Waals surface area contributed by atoms with Crippen LogP contribution >= 0.6 is 0 Å². The average molecular weight is 1110 g/mol. The smallest absolute Gasteiger partial charge is 0.338 e. The van der Waals surface area contributed by atoms with Crippen LogP contribution in [0.1, 0.15) is 58.9 Å². The molecule has 82 heavy (non-hydrogen) atoms. The number of carbonyl (C=O) groups excluding carboxylic acids is 3. The Bertz CT molecular complexity index is 3160. The lowest BCUT2D eigenvalue weighted by Crippen LogP contribution is -2.66. The van der Waals surface area contributed by atoms with Crippen molar-refractivity contribution in [3.05, 3.63) is 287 Å². The van der Waals surface area contributed by atoms with Crippen LogP contribution in [0, 0.1) is 0 Å². The minimum Gasteiger partial charge on any atom is -0.459 e. The summed E-state index contributed by atoms with van der Waals surface area (Å²) in [7, 11) is 0. The third-order valence-corrected chi connectivity index (χ3v) is 13.9. The topological polar surface area (TPSA) is 153 Å². The lowest BCUT2D eigenvalue weighted by atomic mass is 9.95. The van der Waals surface area contributed by atoms with Crippen LogP contribution in [0.2, 0.25) is 0 Å². The van der Waals surface area contributed by atoms with E-state index in [0.29, 0.717) is 11.1 Å². The largest absolute Gasteiger partial charge is 0.459 e. The molecule has 2 heterocycles. The van der Waals surface area contributed by atoms with Gasteiger partial charge < -0.3 is 52.1 Å². The fraction of sp³-hybridized carbons (Fsp3) is 0.250. The number of hydrogen-bond acceptors (Lipinski definition) is 14. The quantitative estimate of drug-likeness (QED) is 0.0394. The fourth-order valence-corrected chi connectivity index (χ4v) is 9.69. The maximum atomic E-state index is 14.5. The van der Waals surface area contributed by atoms with Crippen LogP contribution in [0.5, 0.6) is 0 Å². The van der Waals surface area contributed by atoms with Gasteiger partial charge in [0.05, 0.1) is 49.7 Å². The van der Waals surface area contributed by atoms with Gasteiger partial charge in [-0.2, -0.15) is 0 Å². The van der Waals surface area contributed by atoms with E-state index in [1.807, 2.05) is 158 Å². The van der Waals surface area contributed by atoms with Crippen molar-refractivity contribution in [1.29, 1.82) is 0 Å². The fourth-order valence-electron chi connectivity index (χ4n) is 9.69. The molecule has 0 saturated carbocycles. The number of benzene rings is 8. The molecule has 0 bridgehead atoms. The second kappa shape index (κ2) is 29.5. The summed E-state index contributed by atoms with van der Waals surface area (Å²) in [5, 5.41) is 0. The molecule has 420 valence electrons. The van der Waals surface area contributed by atoms with Crippen molar-refractivity contribution < 1.29 is 66.5 Å². The van der Waals surface area contributed by atoms with E-state index < -0.39 is 85.9 Å². The number of carbonyl (C=O) groups is 3. The first-order chi connectivity index (χ1) is 40.4. The first-order valence-electron chi connectivity index (χ1n) is 27.4. The van der Waals surface area contributed by atoms with Gasteiger partial charge in [-0.1, -0.05) is 206 Å². The molecule has 2 fully saturated rings. The summed E-state index contributed by atoms with van der Waals surface area (Å²) in [6.07, 6.45) is -12.0. The van der Waals surface area contributed by atoms with Gasteiger partial charge in [0.1, 0.15) is 55.9 Å². The SMILES string of the molecule is O=C(OC[C@H]1O[C@H](O[C@H]2[C@H](OCc3ccccc3)[C@H](OC(=O)c3ccccc3)[C@@H](OCc3ccccc3)O[C@@H]2COC(=O)c2ccccc2)[C@@H](OCc2ccccc2)[C@@H](OCc2ccccc2)[C@@H]1OCc1ccccc1)c1ccccc1. The molecular formula is C68H64O14. The highest BCUT2D eigenvalue weighted by molar-refractivity contribution is 5.90. The van der Waals surface area contributed by atoms with E-state index in [4.69, 9.17) is 52.1 Å². The Labute approximate surface area is 477 Å². The van der Waals surface area contributed by atoms with Crippen molar-refractivity contribution in [3.63, 3.8) is 0 Å². The molecular weight excluding hydrogens is 1040 g/mol. The summed E-state index contributed by atoms with van der Waals surface area (Å²) in [6, 6.07) is 73.7. The Morgan fingerprint density at radius 2 is 0.585 bits per heavy atom. The van der Waals surface area contributed by atoms with E-state index in [0.717, 1.165) is 27.8 Å². The Morgan fingerprint density at radius 3 is 0.976 bits per heavy atom. The predicted octanol–water partition coefficient (Wildman–Crippen LogP) is 11.3. The molecule has 2 aliphatic rings. The Balaban J connectivity index is 1.08. The van der Waals surface area contributed by atoms with Gasteiger partial charge in [-0.15, -0.1) is 0 Å². The number of ether oxygens (including phenoxy) is 11. The van der Waals surface area contributed by atoms with Crippen LogP contribution in [-0.2, 0) is 85.1 Å². The molecule has 14 heteroatoms. The monoisotopic (exact) mass is 1100 g/mol. The van der Waals surface area contributed by atoms with Crippen LogP contribution in [0.4, 0.5) is 0 Å². The minimum atomic E-state index is -1.42. The van der Waals surface area contributed by atoms with E-state index in [9.17, 15) is 14.4 Å². The van der Waals surface area contributed by atoms with Crippen LogP contribution in [0.25, 0.3) is 0 Å². The third kappa shape index (κ3) is 15.8. The molecule has 0 aromatic heterocycles. The van der Waals surface area contributed by atoms with Crippen molar-refractivity contribution in [2.75, 3.05) is 13.2 Å². The Morgan fingerprint density at radius 1 is 0.293 bits per heavy atom. The van der Waals surface area contributed by atoms with E-state index in [1.54, 1.807) is 84.9 Å². The van der Waals surface area contributed by atoms with E-state index in [-0.39, 0.29) is 45.2 Å². The number of esters is 3. The first-order valence-corrected chi connectivity index (χ1v) is 27.4. The summed E-state index contributed by atoms with van der Waals surface area (Å²) in [4.78, 5) is 42.3. The van der Waals surface area contributed by atoms with E-state index >= 15 is 0 Å². The number of hydrogen-bond donors (Lipinski definition) is 0. The lowest BCUT2D eigenvalue weighted by Gasteiger charge is -2.50. The molecule has 0 amide bonds. The standard InChI is InChI=1S/C68H64O14/c69-64(53-35-19-6-20-36-53)76-46-56-58(72-41-48-25-9-1-10-26-48)60(73-42-49-27-11-2-12-28-49)62(75-44-51-31-15-4-16-32-51)68(80-56)82-59-57(47-77-65(70)54-37-21-7-22-38-54)79-67(78-45-52-33-17-5-18-34-52)63(81-66(71)55-39-23-8-24-40-55)61(59)74-43-50-29-13-3-14-30-50/h1-40,56-63,67-68H,41-47H2/t56-,57-,58-,59-,60+,61+,62+,63+,67+,68-/m1/s1. The van der Waals surface area contributed by atoms with Gasteiger partial charge in [0.15, 0.2) is 18.7 Å². The molecule has 0 unspecified atom stereocenters. The van der Waals surface area contributed by atoms with Crippen molar-refractivity contribution in [2.45, 2.75) is 94.4 Å². The summed E-state index contributed by atoms with van der Waals surface area (Å²) in [5.74, 6) is -1.91. The van der Waals surface area contributed by atoms with Crippen LogP contribution in [0.15, 0.2) is 243 Å². The molecule has 0 spiro atoms. The zero-order chi connectivity index (χ0) is 56.1. The maximum Gasteiger partial charge on any atom is 0.338 e. The average Bonchev–Trinajstić information content (AvgIpc) is 3.71. The van der Waals surface area contributed by atoms with Gasteiger partial charge in [-0.05, 0) is 64.2 Å². The summed E-state index contributed by atoms with van der Waals surface area (Å²) in [6.45, 7) is -0.375. The molecule has 8 aromatic rings. The molecule has 2 aliphatic heterocycles. The highest BCUT2D eigenvalue weighted by Crippen LogP contribution is 2.37. The minimum absolute atomic E-state index is 0.00240. The van der Waals surface area contributed by atoms with Crippen molar-refractivity contribution in [1.82, 2.24) is 0 Å². The maximum absolute atomic E-state index is 14.5. The van der Waals surface area contributed by atoms with E-state index in [1.165, 1.54) is 0 Å². The van der Waals surface area contributed by atoms with Crippen molar-refractivity contribution in [2.24, 2.45) is 0 Å². The number of rotatable bonds is 25.